The lowest BCUT2D eigenvalue weighted by atomic mass is 10.1. The second-order valence-electron chi connectivity index (χ2n) is 6.41. The van der Waals surface area contributed by atoms with Crippen LogP contribution >= 0.6 is 0 Å². The molecule has 0 radical (unpaired) electrons. The number of halogens is 1. The summed E-state index contributed by atoms with van der Waals surface area (Å²) >= 11 is 0. The zero-order chi connectivity index (χ0) is 19.7. The summed E-state index contributed by atoms with van der Waals surface area (Å²) in [7, 11) is 3.11. The van der Waals surface area contributed by atoms with Gasteiger partial charge in [-0.25, -0.2) is 4.39 Å². The second-order valence-corrected chi connectivity index (χ2v) is 6.41. The first-order chi connectivity index (χ1) is 13.6. The van der Waals surface area contributed by atoms with E-state index in [2.05, 4.69) is 10.1 Å². The van der Waals surface area contributed by atoms with Gasteiger partial charge in [0, 0.05) is 30.1 Å². The van der Waals surface area contributed by atoms with Crippen LogP contribution in [-0.4, -0.2) is 36.8 Å². The average molecular weight is 383 g/mol. The predicted molar refractivity (Wildman–Crippen MR) is 98.9 cm³/mol. The standard InChI is InChI=1S/C20H18FN3O4/c1-26-16-8-3-12(9-17(16)27-2)20-22-19(23-28-20)13-10-18(25)24(11-13)15-6-4-14(21)5-7-15/h3-9,13H,10-11H2,1-2H3. The molecule has 7 nitrogen and oxygen atoms in total. The van der Waals surface area contributed by atoms with Gasteiger partial charge in [-0.3, -0.25) is 4.79 Å². The molecule has 1 saturated heterocycles. The number of nitrogens with zero attached hydrogens (tertiary/aromatic N) is 3. The van der Waals surface area contributed by atoms with E-state index in [0.717, 1.165) is 0 Å². The van der Waals surface area contributed by atoms with Crippen LogP contribution in [0.25, 0.3) is 11.5 Å². The summed E-state index contributed by atoms with van der Waals surface area (Å²) in [6, 6.07) is 11.1. The molecule has 1 aliphatic heterocycles. The fourth-order valence-electron chi connectivity index (χ4n) is 3.24. The van der Waals surface area contributed by atoms with Gasteiger partial charge in [-0.15, -0.1) is 0 Å². The summed E-state index contributed by atoms with van der Waals surface area (Å²) in [5, 5.41) is 4.05. The van der Waals surface area contributed by atoms with Gasteiger partial charge in [0.1, 0.15) is 5.82 Å². The van der Waals surface area contributed by atoms with E-state index in [9.17, 15) is 9.18 Å². The maximum atomic E-state index is 13.1. The quantitative estimate of drug-likeness (QED) is 0.672. The Bertz CT molecular complexity index is 1000. The van der Waals surface area contributed by atoms with Crippen LogP contribution < -0.4 is 14.4 Å². The number of rotatable bonds is 5. The average Bonchev–Trinajstić information content (AvgIpc) is 3.35. The van der Waals surface area contributed by atoms with Crippen LogP contribution in [0.1, 0.15) is 18.2 Å². The largest absolute Gasteiger partial charge is 0.493 e. The molecule has 0 N–H and O–H groups in total. The van der Waals surface area contributed by atoms with Crippen molar-refractivity contribution < 1.29 is 23.2 Å². The van der Waals surface area contributed by atoms with E-state index in [-0.39, 0.29) is 24.1 Å². The maximum Gasteiger partial charge on any atom is 0.258 e. The second kappa shape index (κ2) is 7.30. The number of hydrogen-bond acceptors (Lipinski definition) is 6. The monoisotopic (exact) mass is 383 g/mol. The lowest BCUT2D eigenvalue weighted by Crippen LogP contribution is -2.24. The molecule has 2 aromatic carbocycles. The summed E-state index contributed by atoms with van der Waals surface area (Å²) in [5.41, 5.74) is 1.34. The highest BCUT2D eigenvalue weighted by Crippen LogP contribution is 2.34. The normalized spacial score (nSPS) is 16.5. The molecule has 1 fully saturated rings. The Kier molecular flexibility index (Phi) is 4.68. The number of carbonyl (C=O) groups is 1. The van der Waals surface area contributed by atoms with Crippen molar-refractivity contribution in [2.45, 2.75) is 12.3 Å². The minimum Gasteiger partial charge on any atom is -0.493 e. The van der Waals surface area contributed by atoms with Crippen LogP contribution in [0.4, 0.5) is 10.1 Å². The van der Waals surface area contributed by atoms with E-state index >= 15 is 0 Å². The maximum absolute atomic E-state index is 13.1. The van der Waals surface area contributed by atoms with E-state index in [1.54, 1.807) is 49.5 Å². The molecule has 0 aliphatic carbocycles. The SMILES string of the molecule is COc1ccc(-c2nc(C3CC(=O)N(c4ccc(F)cc4)C3)no2)cc1OC. The zero-order valence-electron chi connectivity index (χ0n) is 15.4. The van der Waals surface area contributed by atoms with Crippen molar-refractivity contribution in [3.05, 3.63) is 54.1 Å². The topological polar surface area (TPSA) is 77.7 Å². The molecule has 28 heavy (non-hydrogen) atoms. The van der Waals surface area contributed by atoms with Crippen LogP contribution in [0.5, 0.6) is 11.5 Å². The fraction of sp³-hybridized carbons (Fsp3) is 0.250. The lowest BCUT2D eigenvalue weighted by molar-refractivity contribution is -0.117. The zero-order valence-corrected chi connectivity index (χ0v) is 15.4. The summed E-state index contributed by atoms with van der Waals surface area (Å²) in [5.74, 6) is 1.35. The summed E-state index contributed by atoms with van der Waals surface area (Å²) in [4.78, 5) is 18.5. The summed E-state index contributed by atoms with van der Waals surface area (Å²) in [6.07, 6.45) is 0.266. The van der Waals surface area contributed by atoms with Crippen molar-refractivity contribution in [3.8, 4) is 23.0 Å². The number of anilines is 1. The number of amides is 1. The molecule has 4 rings (SSSR count). The summed E-state index contributed by atoms with van der Waals surface area (Å²) in [6.45, 7) is 0.412. The molecule has 1 atom stereocenters. The van der Waals surface area contributed by atoms with Crippen molar-refractivity contribution in [1.82, 2.24) is 10.1 Å². The van der Waals surface area contributed by atoms with Gasteiger partial charge in [-0.2, -0.15) is 4.98 Å². The van der Waals surface area contributed by atoms with Crippen LogP contribution in [-0.2, 0) is 4.79 Å². The van der Waals surface area contributed by atoms with Crippen molar-refractivity contribution in [3.63, 3.8) is 0 Å². The van der Waals surface area contributed by atoms with E-state index in [1.165, 1.54) is 12.1 Å². The van der Waals surface area contributed by atoms with Gasteiger partial charge in [0.15, 0.2) is 17.3 Å². The first-order valence-corrected chi connectivity index (χ1v) is 8.71. The van der Waals surface area contributed by atoms with Crippen LogP contribution in [0.2, 0.25) is 0 Å². The Morgan fingerprint density at radius 1 is 1.11 bits per heavy atom. The van der Waals surface area contributed by atoms with Gasteiger partial charge in [0.05, 0.1) is 14.2 Å². The van der Waals surface area contributed by atoms with Gasteiger partial charge in [-0.1, -0.05) is 5.16 Å². The number of methoxy groups -OCH3 is 2. The predicted octanol–water partition coefficient (Wildman–Crippen LogP) is 3.41. The van der Waals surface area contributed by atoms with E-state index in [4.69, 9.17) is 14.0 Å². The lowest BCUT2D eigenvalue weighted by Gasteiger charge is -2.15. The molecule has 1 unspecified atom stereocenters. The summed E-state index contributed by atoms with van der Waals surface area (Å²) < 4.78 is 29.0. The first-order valence-electron chi connectivity index (χ1n) is 8.71. The Labute approximate surface area is 160 Å². The number of hydrogen-bond donors (Lipinski definition) is 0. The van der Waals surface area contributed by atoms with Crippen LogP contribution in [0.3, 0.4) is 0 Å². The third-order valence-corrected chi connectivity index (χ3v) is 4.70. The van der Waals surface area contributed by atoms with E-state index in [1.807, 2.05) is 0 Å². The van der Waals surface area contributed by atoms with Crippen LogP contribution in [0, 0.1) is 5.82 Å². The molecule has 3 aromatic rings. The molecule has 0 saturated carbocycles. The Balaban J connectivity index is 1.55. The highest BCUT2D eigenvalue weighted by atomic mass is 19.1. The Morgan fingerprint density at radius 3 is 2.57 bits per heavy atom. The first kappa shape index (κ1) is 18.0. The molecule has 2 heterocycles. The molecular formula is C20H18FN3O4. The van der Waals surface area contributed by atoms with Gasteiger partial charge < -0.3 is 18.9 Å². The third-order valence-electron chi connectivity index (χ3n) is 4.70. The van der Waals surface area contributed by atoms with E-state index < -0.39 is 0 Å². The van der Waals surface area contributed by atoms with Crippen LogP contribution in [0.15, 0.2) is 47.0 Å². The Morgan fingerprint density at radius 2 is 1.86 bits per heavy atom. The highest BCUT2D eigenvalue weighted by Gasteiger charge is 2.34. The van der Waals surface area contributed by atoms with Crippen molar-refractivity contribution in [2.75, 3.05) is 25.7 Å². The smallest absolute Gasteiger partial charge is 0.258 e. The molecule has 1 aromatic heterocycles. The van der Waals surface area contributed by atoms with Crippen molar-refractivity contribution in [1.29, 1.82) is 0 Å². The van der Waals surface area contributed by atoms with Crippen molar-refractivity contribution >= 4 is 11.6 Å². The van der Waals surface area contributed by atoms with Crippen molar-refractivity contribution in [2.24, 2.45) is 0 Å². The molecule has 1 aliphatic rings. The molecule has 0 bridgehead atoms. The number of carbonyl (C=O) groups excluding carboxylic acids is 1. The minimum atomic E-state index is -0.343. The Hall–Kier alpha value is -3.42. The molecule has 144 valence electrons. The number of ether oxygens (including phenoxy) is 2. The van der Waals surface area contributed by atoms with Gasteiger partial charge in [0.25, 0.3) is 5.89 Å². The molecule has 8 heteroatoms. The molecule has 1 amide bonds. The fourth-order valence-corrected chi connectivity index (χ4v) is 3.24. The number of benzene rings is 2. The highest BCUT2D eigenvalue weighted by molar-refractivity contribution is 5.96. The van der Waals surface area contributed by atoms with E-state index in [0.29, 0.717) is 41.0 Å². The van der Waals surface area contributed by atoms with Gasteiger partial charge in [0.2, 0.25) is 5.91 Å². The molecular weight excluding hydrogens is 365 g/mol. The van der Waals surface area contributed by atoms with Gasteiger partial charge >= 0.3 is 0 Å². The third kappa shape index (κ3) is 3.28. The molecule has 0 spiro atoms. The minimum absolute atomic E-state index is 0.0610. The number of aromatic nitrogens is 2. The van der Waals surface area contributed by atoms with Gasteiger partial charge in [-0.05, 0) is 42.5 Å².